The number of rotatable bonds is 6. The highest BCUT2D eigenvalue weighted by Crippen LogP contribution is 2.37. The minimum absolute atomic E-state index is 0.0395. The maximum atomic E-state index is 12.7. The first kappa shape index (κ1) is 20.1. The third-order valence-electron chi connectivity index (χ3n) is 3.52. The van der Waals surface area contributed by atoms with E-state index >= 15 is 0 Å². The van der Waals surface area contributed by atoms with Crippen LogP contribution in [-0.2, 0) is 10.0 Å². The molecular weight excluding hydrogens is 407 g/mol. The van der Waals surface area contributed by atoms with Crippen molar-refractivity contribution in [2.24, 2.45) is 0 Å². The van der Waals surface area contributed by atoms with Crippen LogP contribution in [0.1, 0.15) is 5.56 Å². The molecule has 11 heteroatoms. The van der Waals surface area contributed by atoms with Gasteiger partial charge in [0, 0.05) is 17.7 Å². The zero-order valence-electron chi connectivity index (χ0n) is 13.9. The fourth-order valence-corrected chi connectivity index (χ4v) is 3.75. The molecule has 2 aromatic rings. The van der Waals surface area contributed by atoms with Crippen molar-refractivity contribution in [1.29, 1.82) is 0 Å². The molecule has 0 bridgehead atoms. The highest BCUT2D eigenvalue weighted by molar-refractivity contribution is 7.92. The Balaban J connectivity index is 2.54. The second-order valence-corrected chi connectivity index (χ2v) is 7.60. The molecule has 2 aromatic carbocycles. The Bertz CT molecular complexity index is 979. The SMILES string of the molecule is COc1cc(OC)c(NS(=O)(=O)c2cc(Cl)c(C)c([N+](=O)[O-])c2)cc1Cl. The number of benzene rings is 2. The normalized spacial score (nSPS) is 11.1. The predicted molar refractivity (Wildman–Crippen MR) is 98.2 cm³/mol. The molecule has 140 valence electrons. The average Bonchev–Trinajstić information content (AvgIpc) is 2.56. The first-order valence-corrected chi connectivity index (χ1v) is 9.23. The van der Waals surface area contributed by atoms with Crippen LogP contribution in [0.5, 0.6) is 11.5 Å². The summed E-state index contributed by atoms with van der Waals surface area (Å²) < 4.78 is 37.8. The van der Waals surface area contributed by atoms with Crippen molar-refractivity contribution < 1.29 is 22.8 Å². The van der Waals surface area contributed by atoms with E-state index in [2.05, 4.69) is 4.72 Å². The second-order valence-electron chi connectivity index (χ2n) is 5.10. The van der Waals surface area contributed by atoms with Gasteiger partial charge in [-0.15, -0.1) is 0 Å². The molecule has 8 nitrogen and oxygen atoms in total. The molecule has 0 fully saturated rings. The molecule has 26 heavy (non-hydrogen) atoms. The summed E-state index contributed by atoms with van der Waals surface area (Å²) in [7, 11) is -1.45. The topological polar surface area (TPSA) is 108 Å². The van der Waals surface area contributed by atoms with Crippen molar-refractivity contribution >= 4 is 44.6 Å². The van der Waals surface area contributed by atoms with Gasteiger partial charge in [-0.1, -0.05) is 23.2 Å². The summed E-state index contributed by atoms with van der Waals surface area (Å²) in [6.07, 6.45) is 0. The van der Waals surface area contributed by atoms with Gasteiger partial charge in [-0.3, -0.25) is 14.8 Å². The van der Waals surface area contributed by atoms with Crippen LogP contribution in [0.3, 0.4) is 0 Å². The van der Waals surface area contributed by atoms with Crippen LogP contribution in [0.25, 0.3) is 0 Å². The first-order chi connectivity index (χ1) is 12.1. The van der Waals surface area contributed by atoms with Crippen LogP contribution in [0.2, 0.25) is 10.0 Å². The summed E-state index contributed by atoms with van der Waals surface area (Å²) in [6.45, 7) is 1.43. The number of hydrogen-bond acceptors (Lipinski definition) is 6. The van der Waals surface area contributed by atoms with Crippen LogP contribution in [0.4, 0.5) is 11.4 Å². The van der Waals surface area contributed by atoms with Crippen molar-refractivity contribution in [3.8, 4) is 11.5 Å². The summed E-state index contributed by atoms with van der Waals surface area (Å²) in [4.78, 5) is 10.0. The molecule has 1 N–H and O–H groups in total. The lowest BCUT2D eigenvalue weighted by Crippen LogP contribution is -2.14. The van der Waals surface area contributed by atoms with E-state index in [1.165, 1.54) is 33.3 Å². The molecule has 0 saturated heterocycles. The molecular formula is C15H14Cl2N2O6S. The van der Waals surface area contributed by atoms with Gasteiger partial charge in [-0.2, -0.15) is 0 Å². The third kappa shape index (κ3) is 3.95. The fourth-order valence-electron chi connectivity index (χ4n) is 2.13. The number of ether oxygens (including phenoxy) is 2. The lowest BCUT2D eigenvalue weighted by molar-refractivity contribution is -0.385. The summed E-state index contributed by atoms with van der Waals surface area (Å²) in [5, 5.41) is 11.2. The zero-order valence-corrected chi connectivity index (χ0v) is 16.2. The molecule has 0 aliphatic heterocycles. The van der Waals surface area contributed by atoms with Gasteiger partial charge in [0.1, 0.15) is 11.5 Å². The molecule has 2 rings (SSSR count). The summed E-state index contributed by atoms with van der Waals surface area (Å²) >= 11 is 12.0. The van der Waals surface area contributed by atoms with Crippen LogP contribution in [-0.4, -0.2) is 27.6 Å². The molecule has 0 atom stereocenters. The Morgan fingerprint density at radius 3 is 2.19 bits per heavy atom. The largest absolute Gasteiger partial charge is 0.495 e. The van der Waals surface area contributed by atoms with Crippen molar-refractivity contribution in [2.75, 3.05) is 18.9 Å². The standard InChI is InChI=1S/C15H14Cl2N2O6S/c1-8-10(16)4-9(5-13(8)19(20)21)26(22,23)18-12-6-11(17)14(24-2)7-15(12)25-3/h4-7,18H,1-3H3. The summed E-state index contributed by atoms with van der Waals surface area (Å²) in [6, 6.07) is 4.77. The van der Waals surface area contributed by atoms with Gasteiger partial charge in [0.2, 0.25) is 0 Å². The molecule has 0 heterocycles. The van der Waals surface area contributed by atoms with Gasteiger partial charge in [0.05, 0.1) is 39.8 Å². The van der Waals surface area contributed by atoms with Crippen LogP contribution < -0.4 is 14.2 Å². The maximum absolute atomic E-state index is 12.7. The number of sulfonamides is 1. The van der Waals surface area contributed by atoms with E-state index in [-0.39, 0.29) is 31.9 Å². The Hall–Kier alpha value is -2.23. The van der Waals surface area contributed by atoms with E-state index in [0.29, 0.717) is 5.75 Å². The lowest BCUT2D eigenvalue weighted by Gasteiger charge is -2.14. The molecule has 0 aliphatic carbocycles. The molecule has 0 amide bonds. The Morgan fingerprint density at radius 2 is 1.65 bits per heavy atom. The minimum atomic E-state index is -4.20. The molecule has 0 saturated carbocycles. The van der Waals surface area contributed by atoms with Crippen molar-refractivity contribution in [1.82, 2.24) is 0 Å². The molecule has 0 radical (unpaired) electrons. The van der Waals surface area contributed by atoms with Gasteiger partial charge in [0.25, 0.3) is 15.7 Å². The Kier molecular flexibility index (Phi) is 5.84. The summed E-state index contributed by atoms with van der Waals surface area (Å²) in [5.74, 6) is 0.447. The van der Waals surface area contributed by atoms with Gasteiger partial charge in [-0.05, 0) is 19.1 Å². The number of anilines is 1. The van der Waals surface area contributed by atoms with Gasteiger partial charge in [0.15, 0.2) is 0 Å². The van der Waals surface area contributed by atoms with Gasteiger partial charge in [-0.25, -0.2) is 8.42 Å². The molecule has 0 aliphatic rings. The zero-order chi connectivity index (χ0) is 19.6. The van der Waals surface area contributed by atoms with E-state index in [9.17, 15) is 18.5 Å². The van der Waals surface area contributed by atoms with E-state index in [1.54, 1.807) is 0 Å². The number of nitrogens with one attached hydrogen (secondary N) is 1. The van der Waals surface area contributed by atoms with Crippen LogP contribution in [0.15, 0.2) is 29.2 Å². The molecule has 0 spiro atoms. The molecule has 0 unspecified atom stereocenters. The monoisotopic (exact) mass is 420 g/mol. The lowest BCUT2D eigenvalue weighted by atomic mass is 10.2. The third-order valence-corrected chi connectivity index (χ3v) is 5.55. The highest BCUT2D eigenvalue weighted by atomic mass is 35.5. The van der Waals surface area contributed by atoms with Gasteiger partial charge >= 0.3 is 0 Å². The van der Waals surface area contributed by atoms with E-state index in [0.717, 1.165) is 12.1 Å². The van der Waals surface area contributed by atoms with Gasteiger partial charge < -0.3 is 9.47 Å². The number of nitro groups is 1. The Labute approximate surface area is 159 Å². The number of hydrogen-bond donors (Lipinski definition) is 1. The summed E-state index contributed by atoms with van der Waals surface area (Å²) in [5.41, 5.74) is -0.198. The van der Waals surface area contributed by atoms with Crippen LogP contribution in [0, 0.1) is 17.0 Å². The van der Waals surface area contributed by atoms with Crippen molar-refractivity contribution in [2.45, 2.75) is 11.8 Å². The van der Waals surface area contributed by atoms with Crippen LogP contribution >= 0.6 is 23.2 Å². The number of methoxy groups -OCH3 is 2. The highest BCUT2D eigenvalue weighted by Gasteiger charge is 2.24. The fraction of sp³-hybridized carbons (Fsp3) is 0.200. The molecule has 0 aromatic heterocycles. The van der Waals surface area contributed by atoms with E-state index < -0.39 is 20.6 Å². The van der Waals surface area contributed by atoms with E-state index in [1.807, 2.05) is 0 Å². The maximum Gasteiger partial charge on any atom is 0.275 e. The van der Waals surface area contributed by atoms with Crippen molar-refractivity contribution in [3.05, 3.63) is 50.0 Å². The van der Waals surface area contributed by atoms with E-state index in [4.69, 9.17) is 32.7 Å². The Morgan fingerprint density at radius 1 is 1.04 bits per heavy atom. The number of nitrogens with zero attached hydrogens (tertiary/aromatic N) is 1. The number of nitro benzene ring substituents is 1. The number of halogens is 2. The second kappa shape index (κ2) is 7.56. The predicted octanol–water partition coefficient (Wildman–Crippen LogP) is 4.03. The minimum Gasteiger partial charge on any atom is -0.495 e. The van der Waals surface area contributed by atoms with Crippen molar-refractivity contribution in [3.63, 3.8) is 0 Å². The average molecular weight is 421 g/mol. The quantitative estimate of drug-likeness (QED) is 0.558. The smallest absolute Gasteiger partial charge is 0.275 e. The first-order valence-electron chi connectivity index (χ1n) is 6.99.